The highest BCUT2D eigenvalue weighted by atomic mass is 35.5. The van der Waals surface area contributed by atoms with Crippen molar-refractivity contribution in [2.24, 2.45) is 0 Å². The van der Waals surface area contributed by atoms with Crippen molar-refractivity contribution in [3.63, 3.8) is 0 Å². The lowest BCUT2D eigenvalue weighted by Crippen LogP contribution is -2.52. The molecule has 0 aliphatic heterocycles. The molecule has 0 saturated heterocycles. The van der Waals surface area contributed by atoms with Crippen LogP contribution in [-0.2, 0) is 32.3 Å². The lowest BCUT2D eigenvalue weighted by atomic mass is 10.1. The van der Waals surface area contributed by atoms with Crippen molar-refractivity contribution in [3.8, 4) is 0 Å². The van der Waals surface area contributed by atoms with Gasteiger partial charge in [0.05, 0.1) is 21.2 Å². The summed E-state index contributed by atoms with van der Waals surface area (Å²) >= 11 is 5.76. The average Bonchev–Trinajstić information content (AvgIpc) is 2.90. The van der Waals surface area contributed by atoms with Gasteiger partial charge in [0, 0.05) is 12.6 Å². The maximum atomic E-state index is 13.8. The predicted molar refractivity (Wildman–Crippen MR) is 147 cm³/mol. The van der Waals surface area contributed by atoms with Crippen molar-refractivity contribution < 1.29 is 35.6 Å². The number of carbonyl (C=O) groups excluding carboxylic acids is 2. The molecule has 41 heavy (non-hydrogen) atoms. The van der Waals surface area contributed by atoms with E-state index in [0.29, 0.717) is 15.9 Å². The Bertz CT molecular complexity index is 1480. The Morgan fingerprint density at radius 2 is 1.56 bits per heavy atom. The van der Waals surface area contributed by atoms with Crippen LogP contribution in [0.4, 0.5) is 23.2 Å². The molecule has 0 spiro atoms. The summed E-state index contributed by atoms with van der Waals surface area (Å²) in [7, 11) is -4.58. The van der Waals surface area contributed by atoms with Gasteiger partial charge in [0.25, 0.3) is 10.0 Å². The number of anilines is 1. The highest BCUT2D eigenvalue weighted by Gasteiger charge is 2.37. The third-order valence-corrected chi connectivity index (χ3v) is 8.14. The van der Waals surface area contributed by atoms with Crippen LogP contribution in [0.2, 0.25) is 5.02 Å². The third-order valence-electron chi connectivity index (χ3n) is 6.02. The molecule has 0 radical (unpaired) electrons. The number of hydrogen-bond donors (Lipinski definition) is 1. The first-order valence-electron chi connectivity index (χ1n) is 12.4. The summed E-state index contributed by atoms with van der Waals surface area (Å²) in [6.07, 6.45) is -4.91. The second-order valence-electron chi connectivity index (χ2n) is 9.47. The van der Waals surface area contributed by atoms with Crippen LogP contribution in [0.5, 0.6) is 0 Å². The molecule has 0 aliphatic rings. The van der Waals surface area contributed by atoms with E-state index < -0.39 is 62.7 Å². The van der Waals surface area contributed by atoms with Crippen molar-refractivity contribution >= 4 is 39.1 Å². The molecule has 0 aliphatic carbocycles. The molecule has 3 aromatic rings. The largest absolute Gasteiger partial charge is 0.417 e. The van der Waals surface area contributed by atoms with Gasteiger partial charge in [0.2, 0.25) is 11.8 Å². The molecule has 0 heterocycles. The lowest BCUT2D eigenvalue weighted by molar-refractivity contribution is -0.139. The molecule has 1 atom stereocenters. The van der Waals surface area contributed by atoms with Gasteiger partial charge in [-0.3, -0.25) is 13.9 Å². The SMILES string of the molecule is CC(C)NC(=O)C(C)N(Cc1ccc(F)cc1)C(=O)CN(c1ccc(Cl)c(C(F)(F)F)c1)S(=O)(=O)c1ccccc1. The Morgan fingerprint density at radius 3 is 2.12 bits per heavy atom. The van der Waals surface area contributed by atoms with Crippen molar-refractivity contribution in [1.82, 2.24) is 10.2 Å². The van der Waals surface area contributed by atoms with E-state index in [1.807, 2.05) is 0 Å². The molecule has 13 heteroatoms. The topological polar surface area (TPSA) is 86.8 Å². The molecule has 7 nitrogen and oxygen atoms in total. The second-order valence-corrected chi connectivity index (χ2v) is 11.7. The molecular weight excluding hydrogens is 586 g/mol. The number of nitrogens with one attached hydrogen (secondary N) is 1. The highest BCUT2D eigenvalue weighted by Crippen LogP contribution is 2.38. The van der Waals surface area contributed by atoms with Crippen LogP contribution >= 0.6 is 11.6 Å². The minimum absolute atomic E-state index is 0.209. The lowest BCUT2D eigenvalue weighted by Gasteiger charge is -2.32. The van der Waals surface area contributed by atoms with Gasteiger partial charge in [-0.2, -0.15) is 13.2 Å². The van der Waals surface area contributed by atoms with Gasteiger partial charge in [-0.25, -0.2) is 12.8 Å². The predicted octanol–water partition coefficient (Wildman–Crippen LogP) is 5.64. The zero-order valence-electron chi connectivity index (χ0n) is 22.3. The summed E-state index contributed by atoms with van der Waals surface area (Å²) in [4.78, 5) is 27.5. The van der Waals surface area contributed by atoms with Gasteiger partial charge in [-0.05, 0) is 68.8 Å². The van der Waals surface area contributed by atoms with E-state index in [4.69, 9.17) is 11.6 Å². The molecule has 1 unspecified atom stereocenters. The number of alkyl halides is 3. The van der Waals surface area contributed by atoms with Gasteiger partial charge < -0.3 is 10.2 Å². The minimum Gasteiger partial charge on any atom is -0.352 e. The number of benzene rings is 3. The first-order chi connectivity index (χ1) is 19.1. The number of nitrogens with zero attached hydrogens (tertiary/aromatic N) is 2. The number of amides is 2. The fraction of sp³-hybridized carbons (Fsp3) is 0.286. The zero-order chi connectivity index (χ0) is 30.5. The Morgan fingerprint density at radius 1 is 0.951 bits per heavy atom. The van der Waals surface area contributed by atoms with Crippen LogP contribution < -0.4 is 9.62 Å². The minimum atomic E-state index is -4.91. The maximum Gasteiger partial charge on any atom is 0.417 e. The van der Waals surface area contributed by atoms with E-state index in [0.717, 1.165) is 29.2 Å². The van der Waals surface area contributed by atoms with Crippen LogP contribution in [0.3, 0.4) is 0 Å². The standard InChI is InChI=1S/C28H28ClF4N3O4S/c1-18(2)34-27(38)19(3)35(16-20-9-11-21(30)12-10-20)26(37)17-36(41(39,40)23-7-5-4-6-8-23)22-13-14-25(29)24(15-22)28(31,32)33/h4-15,18-19H,16-17H2,1-3H3,(H,34,38). The molecule has 0 bridgehead atoms. The Balaban J connectivity index is 2.10. The van der Waals surface area contributed by atoms with Gasteiger partial charge in [0.1, 0.15) is 18.4 Å². The molecular formula is C28H28ClF4N3O4S. The maximum absolute atomic E-state index is 13.8. The number of hydrogen-bond acceptors (Lipinski definition) is 4. The molecule has 3 aromatic carbocycles. The molecule has 220 valence electrons. The van der Waals surface area contributed by atoms with E-state index >= 15 is 0 Å². The number of carbonyl (C=O) groups is 2. The van der Waals surface area contributed by atoms with E-state index in [9.17, 15) is 35.6 Å². The summed E-state index contributed by atoms with van der Waals surface area (Å²) in [5.41, 5.74) is -1.31. The van der Waals surface area contributed by atoms with E-state index in [1.165, 1.54) is 43.3 Å². The quantitative estimate of drug-likeness (QED) is 0.300. The highest BCUT2D eigenvalue weighted by molar-refractivity contribution is 7.92. The fourth-order valence-electron chi connectivity index (χ4n) is 3.91. The van der Waals surface area contributed by atoms with Crippen LogP contribution in [0.1, 0.15) is 31.9 Å². The summed E-state index contributed by atoms with van der Waals surface area (Å²) in [5.74, 6) is -1.96. The van der Waals surface area contributed by atoms with Crippen LogP contribution in [0, 0.1) is 5.82 Å². The van der Waals surface area contributed by atoms with Crippen molar-refractivity contribution in [2.75, 3.05) is 10.8 Å². The summed E-state index contributed by atoms with van der Waals surface area (Å²) in [5, 5.41) is 2.03. The summed E-state index contributed by atoms with van der Waals surface area (Å²) in [6.45, 7) is 3.70. The van der Waals surface area contributed by atoms with Gasteiger partial charge >= 0.3 is 6.18 Å². The second kappa shape index (κ2) is 12.9. The van der Waals surface area contributed by atoms with E-state index in [1.54, 1.807) is 19.9 Å². The van der Waals surface area contributed by atoms with Crippen LogP contribution in [-0.4, -0.2) is 43.8 Å². The summed E-state index contributed by atoms with van der Waals surface area (Å²) < 4.78 is 82.5. The smallest absolute Gasteiger partial charge is 0.352 e. The fourth-order valence-corrected chi connectivity index (χ4v) is 5.56. The van der Waals surface area contributed by atoms with E-state index in [-0.39, 0.29) is 17.5 Å². The molecule has 3 rings (SSSR count). The number of halogens is 5. The number of rotatable bonds is 10. The summed E-state index contributed by atoms with van der Waals surface area (Å²) in [6, 6.07) is 13.1. The molecule has 1 N–H and O–H groups in total. The van der Waals surface area contributed by atoms with Gasteiger partial charge in [0.15, 0.2) is 0 Å². The molecule has 2 amide bonds. The van der Waals surface area contributed by atoms with Gasteiger partial charge in [-0.15, -0.1) is 0 Å². The normalized spacial score (nSPS) is 12.6. The number of sulfonamides is 1. The first kappa shape index (κ1) is 31.9. The average molecular weight is 614 g/mol. The third kappa shape index (κ3) is 7.98. The Kier molecular flexibility index (Phi) is 10.0. The van der Waals surface area contributed by atoms with E-state index in [2.05, 4.69) is 5.32 Å². The molecule has 0 aromatic heterocycles. The molecule has 0 fully saturated rings. The monoisotopic (exact) mass is 613 g/mol. The molecule has 0 saturated carbocycles. The van der Waals surface area contributed by atoms with Crippen molar-refractivity contribution in [3.05, 3.63) is 94.8 Å². The Hall–Kier alpha value is -3.64. The van der Waals surface area contributed by atoms with Gasteiger partial charge in [-0.1, -0.05) is 41.9 Å². The van der Waals surface area contributed by atoms with Crippen molar-refractivity contribution in [1.29, 1.82) is 0 Å². The first-order valence-corrected chi connectivity index (χ1v) is 14.2. The Labute approximate surface area is 240 Å². The van der Waals surface area contributed by atoms with Crippen LogP contribution in [0.25, 0.3) is 0 Å². The zero-order valence-corrected chi connectivity index (χ0v) is 23.9. The van der Waals surface area contributed by atoms with Crippen molar-refractivity contribution in [2.45, 2.75) is 50.5 Å². The van der Waals surface area contributed by atoms with Crippen LogP contribution in [0.15, 0.2) is 77.7 Å².